The summed E-state index contributed by atoms with van der Waals surface area (Å²) in [6, 6.07) is 16.0. The van der Waals surface area contributed by atoms with Crippen LogP contribution in [0.2, 0.25) is 0 Å². The van der Waals surface area contributed by atoms with E-state index in [1.165, 1.54) is 11.1 Å². The summed E-state index contributed by atoms with van der Waals surface area (Å²) in [4.78, 5) is 8.56. The Kier molecular flexibility index (Phi) is 4.55. The van der Waals surface area contributed by atoms with Crippen molar-refractivity contribution in [3.63, 3.8) is 0 Å². The highest BCUT2D eigenvalue weighted by Gasteiger charge is 2.12. The summed E-state index contributed by atoms with van der Waals surface area (Å²) in [6.07, 6.45) is 1.54. The maximum Gasteiger partial charge on any atom is 0.163 e. The van der Waals surface area contributed by atoms with Gasteiger partial charge in [0.15, 0.2) is 11.5 Å². The molecule has 1 aliphatic rings. The lowest BCUT2D eigenvalue weighted by molar-refractivity contribution is 0.171. The van der Waals surface area contributed by atoms with Gasteiger partial charge in [-0.15, -0.1) is 0 Å². The first-order valence-electron chi connectivity index (χ1n) is 8.54. The van der Waals surface area contributed by atoms with E-state index in [9.17, 15) is 0 Å². The molecule has 2 N–H and O–H groups in total. The van der Waals surface area contributed by atoms with Crippen LogP contribution in [0.1, 0.15) is 11.1 Å². The average molecular weight is 348 g/mol. The van der Waals surface area contributed by atoms with Crippen LogP contribution in [0.25, 0.3) is 0 Å². The van der Waals surface area contributed by atoms with Crippen LogP contribution < -0.4 is 20.1 Å². The van der Waals surface area contributed by atoms with Crippen molar-refractivity contribution in [2.24, 2.45) is 0 Å². The zero-order valence-electron chi connectivity index (χ0n) is 14.5. The highest BCUT2D eigenvalue weighted by molar-refractivity contribution is 5.63. The number of hydrogen-bond acceptors (Lipinski definition) is 6. The highest BCUT2D eigenvalue weighted by atomic mass is 16.6. The molecule has 0 radical (unpaired) electrons. The van der Waals surface area contributed by atoms with Crippen molar-refractivity contribution < 1.29 is 9.47 Å². The minimum absolute atomic E-state index is 0.566. The van der Waals surface area contributed by atoms with E-state index in [0.717, 1.165) is 23.0 Å². The molecule has 6 heteroatoms. The van der Waals surface area contributed by atoms with Crippen molar-refractivity contribution in [1.82, 2.24) is 9.97 Å². The predicted octanol–water partition coefficient (Wildman–Crippen LogP) is 3.91. The number of benzene rings is 2. The van der Waals surface area contributed by atoms with E-state index in [0.29, 0.717) is 25.6 Å². The van der Waals surface area contributed by atoms with Crippen molar-refractivity contribution in [3.05, 3.63) is 66.0 Å². The molecule has 132 valence electrons. The molecule has 0 spiro atoms. The van der Waals surface area contributed by atoms with Gasteiger partial charge in [0.2, 0.25) is 0 Å². The second-order valence-corrected chi connectivity index (χ2v) is 6.11. The fourth-order valence-electron chi connectivity index (χ4n) is 2.81. The van der Waals surface area contributed by atoms with E-state index in [4.69, 9.17) is 9.47 Å². The molecular weight excluding hydrogens is 328 g/mol. The van der Waals surface area contributed by atoms with Crippen molar-refractivity contribution in [2.75, 3.05) is 23.8 Å². The van der Waals surface area contributed by atoms with Crippen LogP contribution in [-0.2, 0) is 6.54 Å². The normalized spacial score (nSPS) is 12.5. The van der Waals surface area contributed by atoms with Crippen molar-refractivity contribution in [3.8, 4) is 11.5 Å². The molecule has 3 aromatic rings. The summed E-state index contributed by atoms with van der Waals surface area (Å²) in [7, 11) is 0. The second-order valence-electron chi connectivity index (χ2n) is 6.11. The number of aryl methyl sites for hydroxylation is 1. The van der Waals surface area contributed by atoms with Gasteiger partial charge < -0.3 is 20.1 Å². The Morgan fingerprint density at radius 3 is 2.65 bits per heavy atom. The molecule has 2 aromatic carbocycles. The number of ether oxygens (including phenoxy) is 2. The molecule has 2 heterocycles. The molecule has 26 heavy (non-hydrogen) atoms. The molecule has 1 aliphatic heterocycles. The summed E-state index contributed by atoms with van der Waals surface area (Å²) in [5.41, 5.74) is 3.34. The Morgan fingerprint density at radius 1 is 0.923 bits per heavy atom. The van der Waals surface area contributed by atoms with Gasteiger partial charge in [0.05, 0.1) is 0 Å². The SMILES string of the molecule is Cc1cccc(CNc2cc(Nc3ccc4c(c3)OCCO4)ncn2)c1. The van der Waals surface area contributed by atoms with Crippen LogP contribution in [0.4, 0.5) is 17.3 Å². The first-order chi connectivity index (χ1) is 12.8. The van der Waals surface area contributed by atoms with Crippen LogP contribution >= 0.6 is 0 Å². The topological polar surface area (TPSA) is 68.3 Å². The summed E-state index contributed by atoms with van der Waals surface area (Å²) >= 11 is 0. The molecule has 0 saturated heterocycles. The molecule has 1 aromatic heterocycles. The standard InChI is InChI=1S/C20H20N4O2/c1-14-3-2-4-15(9-14)12-21-19-11-20(23-13-22-19)24-16-5-6-17-18(10-16)26-8-7-25-17/h2-6,9-11,13H,7-8,12H2,1H3,(H2,21,22,23,24). The van der Waals surface area contributed by atoms with E-state index >= 15 is 0 Å². The third-order valence-electron chi connectivity index (χ3n) is 4.04. The summed E-state index contributed by atoms with van der Waals surface area (Å²) in [5.74, 6) is 2.99. The predicted molar refractivity (Wildman–Crippen MR) is 101 cm³/mol. The number of hydrogen-bond donors (Lipinski definition) is 2. The molecule has 0 fully saturated rings. The smallest absolute Gasteiger partial charge is 0.163 e. The third kappa shape index (κ3) is 3.85. The molecule has 4 rings (SSSR count). The molecule has 0 saturated carbocycles. The average Bonchev–Trinajstić information content (AvgIpc) is 2.67. The van der Waals surface area contributed by atoms with E-state index in [-0.39, 0.29) is 0 Å². The minimum atomic E-state index is 0.566. The molecule has 0 unspecified atom stereocenters. The van der Waals surface area contributed by atoms with Crippen LogP contribution in [0.15, 0.2) is 54.9 Å². The zero-order chi connectivity index (χ0) is 17.8. The zero-order valence-corrected chi connectivity index (χ0v) is 14.5. The lowest BCUT2D eigenvalue weighted by Gasteiger charge is -2.19. The largest absolute Gasteiger partial charge is 0.486 e. The van der Waals surface area contributed by atoms with Crippen molar-refractivity contribution >= 4 is 17.3 Å². The molecule has 0 aliphatic carbocycles. The number of rotatable bonds is 5. The molecule has 6 nitrogen and oxygen atoms in total. The summed E-state index contributed by atoms with van der Waals surface area (Å²) < 4.78 is 11.2. The minimum Gasteiger partial charge on any atom is -0.486 e. The van der Waals surface area contributed by atoms with Gasteiger partial charge >= 0.3 is 0 Å². The Hall–Kier alpha value is -3.28. The first-order valence-corrected chi connectivity index (χ1v) is 8.54. The number of nitrogens with zero attached hydrogens (tertiary/aromatic N) is 2. The lowest BCUT2D eigenvalue weighted by atomic mass is 10.1. The van der Waals surface area contributed by atoms with Gasteiger partial charge in [0.1, 0.15) is 31.2 Å². The van der Waals surface area contributed by atoms with Crippen LogP contribution in [-0.4, -0.2) is 23.2 Å². The Bertz CT molecular complexity index is 914. The third-order valence-corrected chi connectivity index (χ3v) is 4.04. The molecule has 0 bridgehead atoms. The molecular formula is C20H20N4O2. The van der Waals surface area contributed by atoms with Crippen molar-refractivity contribution in [1.29, 1.82) is 0 Å². The van der Waals surface area contributed by atoms with E-state index in [1.807, 2.05) is 24.3 Å². The quantitative estimate of drug-likeness (QED) is 0.729. The Balaban J connectivity index is 1.44. The second kappa shape index (κ2) is 7.31. The van der Waals surface area contributed by atoms with Gasteiger partial charge in [-0.25, -0.2) is 9.97 Å². The fourth-order valence-corrected chi connectivity index (χ4v) is 2.81. The maximum atomic E-state index is 5.61. The fraction of sp³-hybridized carbons (Fsp3) is 0.200. The Labute approximate surface area is 152 Å². The number of fused-ring (bicyclic) bond motifs is 1. The number of anilines is 3. The lowest BCUT2D eigenvalue weighted by Crippen LogP contribution is -2.15. The van der Waals surface area contributed by atoms with Gasteiger partial charge in [-0.05, 0) is 24.6 Å². The summed E-state index contributed by atoms with van der Waals surface area (Å²) in [5, 5.41) is 6.60. The van der Waals surface area contributed by atoms with Gasteiger partial charge in [-0.3, -0.25) is 0 Å². The Morgan fingerprint density at radius 2 is 1.77 bits per heavy atom. The first kappa shape index (κ1) is 16.2. The molecule has 0 atom stereocenters. The van der Waals surface area contributed by atoms with Crippen LogP contribution in [0.5, 0.6) is 11.5 Å². The summed E-state index contributed by atoms with van der Waals surface area (Å²) in [6.45, 7) is 3.95. The van der Waals surface area contributed by atoms with Gasteiger partial charge in [0.25, 0.3) is 0 Å². The van der Waals surface area contributed by atoms with Crippen molar-refractivity contribution in [2.45, 2.75) is 13.5 Å². The van der Waals surface area contributed by atoms with Gasteiger partial charge in [-0.2, -0.15) is 0 Å². The van der Waals surface area contributed by atoms with Gasteiger partial charge in [0, 0.05) is 24.4 Å². The maximum absolute atomic E-state index is 5.61. The van der Waals surface area contributed by atoms with Gasteiger partial charge in [-0.1, -0.05) is 29.8 Å². The highest BCUT2D eigenvalue weighted by Crippen LogP contribution is 2.33. The van der Waals surface area contributed by atoms with E-state index in [1.54, 1.807) is 6.33 Å². The molecule has 0 amide bonds. The van der Waals surface area contributed by atoms with Crippen LogP contribution in [0.3, 0.4) is 0 Å². The van der Waals surface area contributed by atoms with E-state index < -0.39 is 0 Å². The number of nitrogens with one attached hydrogen (secondary N) is 2. The number of aromatic nitrogens is 2. The monoisotopic (exact) mass is 348 g/mol. The van der Waals surface area contributed by atoms with Crippen LogP contribution in [0, 0.1) is 6.92 Å². The van der Waals surface area contributed by atoms with E-state index in [2.05, 4.69) is 51.8 Å².